The van der Waals surface area contributed by atoms with Crippen molar-refractivity contribution in [3.8, 4) is 11.5 Å². The number of esters is 1. The van der Waals surface area contributed by atoms with E-state index in [0.29, 0.717) is 12.0 Å². The molecule has 5 N–H and O–H groups in total. The van der Waals surface area contributed by atoms with Crippen molar-refractivity contribution < 1.29 is 33.5 Å². The van der Waals surface area contributed by atoms with Gasteiger partial charge in [-0.3, -0.25) is 14.6 Å². The molecule has 2 rings (SSSR count). The topological polar surface area (TPSA) is 139 Å². The van der Waals surface area contributed by atoms with Gasteiger partial charge in [0.2, 0.25) is 0 Å². The van der Waals surface area contributed by atoms with Crippen LogP contribution in [0, 0.1) is 0 Å². The monoisotopic (exact) mass is 381 g/mol. The Labute approximate surface area is 150 Å². The molecule has 8 nitrogen and oxygen atoms in total. The number of phenols is 1. The second-order valence-corrected chi connectivity index (χ2v) is 6.76. The minimum atomic E-state index is -4.77. The minimum Gasteiger partial charge on any atom is -0.504 e. The van der Waals surface area contributed by atoms with Crippen LogP contribution in [0.4, 0.5) is 0 Å². The highest BCUT2D eigenvalue weighted by Crippen LogP contribution is 2.41. The maximum Gasteiger partial charge on any atom is 0.524 e. The Morgan fingerprint density at radius 2 is 1.81 bits per heavy atom. The van der Waals surface area contributed by atoms with Gasteiger partial charge in [-0.05, 0) is 29.7 Å². The number of phenolic OH excluding ortho intramolecular Hbond substituents is 1. The van der Waals surface area contributed by atoms with Crippen LogP contribution in [-0.2, 0) is 26.9 Å². The third-order valence-corrected chi connectivity index (χ3v) is 3.91. The van der Waals surface area contributed by atoms with Gasteiger partial charge in [-0.2, -0.15) is 0 Å². The molecule has 0 aliphatic carbocycles. The fraction of sp³-hybridized carbons (Fsp3) is 0.235. The van der Waals surface area contributed by atoms with Crippen molar-refractivity contribution in [2.75, 3.05) is 6.61 Å². The van der Waals surface area contributed by atoms with Crippen LogP contribution < -0.4 is 10.3 Å². The van der Waals surface area contributed by atoms with Crippen LogP contribution >= 0.6 is 7.82 Å². The maximum absolute atomic E-state index is 11.9. The molecule has 0 saturated carbocycles. The summed E-state index contributed by atoms with van der Waals surface area (Å²) in [5.41, 5.74) is 7.34. The number of nitrogens with two attached hydrogens (primary N) is 1. The molecule has 0 bridgehead atoms. The number of carbonyl (C=O) groups excluding carboxylic acids is 1. The molecule has 0 aliphatic rings. The van der Waals surface area contributed by atoms with Gasteiger partial charge >= 0.3 is 13.8 Å². The summed E-state index contributed by atoms with van der Waals surface area (Å²) in [5, 5.41) is 9.75. The molecule has 0 spiro atoms. The van der Waals surface area contributed by atoms with Gasteiger partial charge in [0.05, 0.1) is 6.61 Å². The van der Waals surface area contributed by atoms with Crippen LogP contribution in [0.3, 0.4) is 0 Å². The highest BCUT2D eigenvalue weighted by Gasteiger charge is 2.20. The fourth-order valence-electron chi connectivity index (χ4n) is 2.25. The predicted molar refractivity (Wildman–Crippen MR) is 93.6 cm³/mol. The Morgan fingerprint density at radius 1 is 1.12 bits per heavy atom. The summed E-state index contributed by atoms with van der Waals surface area (Å²) in [6, 6.07) is 12.5. The molecule has 2 aromatic rings. The van der Waals surface area contributed by atoms with Crippen LogP contribution in [0.2, 0.25) is 0 Å². The SMILES string of the molecule is N[C@@H](Cc1ccc(OP(=O)(O)O)c(O)c1)C(=O)OCCc1ccccc1. The smallest absolute Gasteiger partial charge is 0.504 e. The highest BCUT2D eigenvalue weighted by atomic mass is 31.2. The molecule has 0 fully saturated rings. The average Bonchev–Trinajstić information content (AvgIpc) is 2.57. The van der Waals surface area contributed by atoms with Crippen LogP contribution in [0.15, 0.2) is 48.5 Å². The Kier molecular flexibility index (Phi) is 6.76. The van der Waals surface area contributed by atoms with Crippen molar-refractivity contribution in [3.05, 3.63) is 59.7 Å². The van der Waals surface area contributed by atoms with Crippen molar-refractivity contribution in [2.45, 2.75) is 18.9 Å². The molecule has 140 valence electrons. The molecule has 0 aromatic heterocycles. The summed E-state index contributed by atoms with van der Waals surface area (Å²) in [7, 11) is -4.77. The summed E-state index contributed by atoms with van der Waals surface area (Å²) in [6.07, 6.45) is 0.669. The van der Waals surface area contributed by atoms with Gasteiger partial charge < -0.3 is 20.1 Å². The first-order valence-electron chi connectivity index (χ1n) is 7.78. The second-order valence-electron chi connectivity index (χ2n) is 5.60. The number of aromatic hydroxyl groups is 1. The normalized spacial score (nSPS) is 12.4. The van der Waals surface area contributed by atoms with Gasteiger partial charge in [0, 0.05) is 6.42 Å². The van der Waals surface area contributed by atoms with E-state index in [2.05, 4.69) is 4.52 Å². The van der Waals surface area contributed by atoms with Crippen LogP contribution in [0.1, 0.15) is 11.1 Å². The molecule has 0 radical (unpaired) electrons. The number of ether oxygens (including phenoxy) is 1. The number of phosphoric acid groups is 1. The zero-order valence-corrected chi connectivity index (χ0v) is 14.7. The van der Waals surface area contributed by atoms with E-state index in [0.717, 1.165) is 5.56 Å². The summed E-state index contributed by atoms with van der Waals surface area (Å²) in [5.74, 6) is -1.40. The molecule has 0 amide bonds. The first-order valence-corrected chi connectivity index (χ1v) is 9.31. The summed E-state index contributed by atoms with van der Waals surface area (Å²) in [6.45, 7) is 0.205. The number of benzene rings is 2. The summed E-state index contributed by atoms with van der Waals surface area (Å²) in [4.78, 5) is 29.4. The zero-order chi connectivity index (χ0) is 19.2. The van der Waals surface area contributed by atoms with E-state index < -0.39 is 25.6 Å². The molecular formula is C17H20NO7P. The lowest BCUT2D eigenvalue weighted by molar-refractivity contribution is -0.145. The summed E-state index contributed by atoms with van der Waals surface area (Å²) >= 11 is 0. The Balaban J connectivity index is 1.86. The van der Waals surface area contributed by atoms with E-state index in [9.17, 15) is 14.5 Å². The molecular weight excluding hydrogens is 361 g/mol. The second kappa shape index (κ2) is 8.82. The molecule has 26 heavy (non-hydrogen) atoms. The van der Waals surface area contributed by atoms with Crippen molar-refractivity contribution in [1.29, 1.82) is 0 Å². The van der Waals surface area contributed by atoms with Crippen molar-refractivity contribution in [3.63, 3.8) is 0 Å². The van der Waals surface area contributed by atoms with E-state index in [1.165, 1.54) is 18.2 Å². The molecule has 1 atom stereocenters. The van der Waals surface area contributed by atoms with E-state index in [-0.39, 0.29) is 18.8 Å². The third kappa shape index (κ3) is 6.50. The Bertz CT molecular complexity index is 791. The largest absolute Gasteiger partial charge is 0.524 e. The van der Waals surface area contributed by atoms with Gasteiger partial charge in [-0.15, -0.1) is 0 Å². The molecule has 9 heteroatoms. The number of carbonyl (C=O) groups is 1. The lowest BCUT2D eigenvalue weighted by atomic mass is 10.1. The van der Waals surface area contributed by atoms with Gasteiger partial charge in [0.15, 0.2) is 11.5 Å². The van der Waals surface area contributed by atoms with Gasteiger partial charge in [-0.25, -0.2) is 4.57 Å². The van der Waals surface area contributed by atoms with Gasteiger partial charge in [0.1, 0.15) is 6.04 Å². The quantitative estimate of drug-likeness (QED) is 0.399. The Morgan fingerprint density at radius 3 is 2.42 bits per heavy atom. The first kappa shape index (κ1) is 19.9. The van der Waals surface area contributed by atoms with E-state index in [1.807, 2.05) is 30.3 Å². The first-order chi connectivity index (χ1) is 12.2. The highest BCUT2D eigenvalue weighted by molar-refractivity contribution is 7.46. The number of rotatable bonds is 8. The number of hydrogen-bond donors (Lipinski definition) is 4. The summed E-state index contributed by atoms with van der Waals surface area (Å²) < 4.78 is 20.3. The third-order valence-electron chi connectivity index (χ3n) is 3.48. The van der Waals surface area contributed by atoms with E-state index in [1.54, 1.807) is 0 Å². The minimum absolute atomic E-state index is 0.0912. The van der Waals surface area contributed by atoms with E-state index >= 15 is 0 Å². The van der Waals surface area contributed by atoms with Crippen LogP contribution in [0.5, 0.6) is 11.5 Å². The molecule has 0 aliphatic heterocycles. The Hall–Kier alpha value is -2.38. The number of hydrogen-bond acceptors (Lipinski definition) is 6. The fourth-order valence-corrected chi connectivity index (χ4v) is 2.66. The zero-order valence-electron chi connectivity index (χ0n) is 13.8. The molecule has 0 unspecified atom stereocenters. The lowest BCUT2D eigenvalue weighted by Gasteiger charge is -2.13. The molecule has 0 heterocycles. The standard InChI is InChI=1S/C17H20NO7P/c18-14(17(20)24-9-8-12-4-2-1-3-5-12)10-13-6-7-16(15(19)11-13)25-26(21,22)23/h1-7,11,14,19H,8-10,18H2,(H2,21,22,23)/t14-/m0/s1. The van der Waals surface area contributed by atoms with Crippen LogP contribution in [0.25, 0.3) is 0 Å². The van der Waals surface area contributed by atoms with Crippen molar-refractivity contribution in [1.82, 2.24) is 0 Å². The van der Waals surface area contributed by atoms with Crippen LogP contribution in [-0.4, -0.2) is 33.5 Å². The average molecular weight is 381 g/mol. The predicted octanol–water partition coefficient (Wildman–Crippen LogP) is 1.52. The van der Waals surface area contributed by atoms with Gasteiger partial charge in [0.25, 0.3) is 0 Å². The lowest BCUT2D eigenvalue weighted by Crippen LogP contribution is -2.34. The molecule has 0 saturated heterocycles. The molecule has 2 aromatic carbocycles. The number of phosphoric ester groups is 1. The van der Waals surface area contributed by atoms with Crippen molar-refractivity contribution in [2.24, 2.45) is 5.73 Å². The van der Waals surface area contributed by atoms with Gasteiger partial charge in [-0.1, -0.05) is 36.4 Å². The van der Waals surface area contributed by atoms with E-state index in [4.69, 9.17) is 20.3 Å². The maximum atomic E-state index is 11.9. The van der Waals surface area contributed by atoms with Crippen molar-refractivity contribution >= 4 is 13.8 Å².